The van der Waals surface area contributed by atoms with Crippen molar-refractivity contribution in [3.05, 3.63) is 42.0 Å². The van der Waals surface area contributed by atoms with Crippen molar-refractivity contribution in [3.63, 3.8) is 0 Å². The Morgan fingerprint density at radius 2 is 2.15 bits per heavy atom. The highest BCUT2D eigenvalue weighted by Gasteiger charge is 1.90. The zero-order valence-electron chi connectivity index (χ0n) is 7.41. The van der Waals surface area contributed by atoms with Gasteiger partial charge in [0, 0.05) is 5.33 Å². The zero-order chi connectivity index (χ0) is 9.52. The first-order valence-electron chi connectivity index (χ1n) is 4.32. The Morgan fingerprint density at radius 1 is 1.31 bits per heavy atom. The van der Waals surface area contributed by atoms with Gasteiger partial charge in [-0.1, -0.05) is 40.2 Å². The van der Waals surface area contributed by atoms with Gasteiger partial charge in [-0.3, -0.25) is 0 Å². The molecule has 0 heterocycles. The van der Waals surface area contributed by atoms with Gasteiger partial charge in [0.05, 0.1) is 0 Å². The number of phenols is 1. The molecule has 0 aliphatic carbocycles. The van der Waals surface area contributed by atoms with E-state index in [4.69, 9.17) is 0 Å². The van der Waals surface area contributed by atoms with Gasteiger partial charge in [-0.2, -0.15) is 0 Å². The molecule has 0 spiro atoms. The normalized spacial score (nSPS) is 10.8. The fourth-order valence-corrected chi connectivity index (χ4v) is 1.35. The minimum absolute atomic E-state index is 0.339. The third-order valence-corrected chi connectivity index (χ3v) is 2.16. The van der Waals surface area contributed by atoms with Crippen molar-refractivity contribution in [2.45, 2.75) is 12.8 Å². The van der Waals surface area contributed by atoms with Gasteiger partial charge in [-0.05, 0) is 30.5 Å². The van der Waals surface area contributed by atoms with Crippen LogP contribution in [0.3, 0.4) is 0 Å². The predicted molar refractivity (Wildman–Crippen MR) is 59.4 cm³/mol. The molecule has 70 valence electrons. The van der Waals surface area contributed by atoms with Crippen molar-refractivity contribution < 1.29 is 5.11 Å². The smallest absolute Gasteiger partial charge is 0.115 e. The number of allylic oxidation sites excluding steroid dienone is 2. The van der Waals surface area contributed by atoms with Crippen LogP contribution < -0.4 is 0 Å². The van der Waals surface area contributed by atoms with Crippen LogP contribution in [0.15, 0.2) is 36.4 Å². The van der Waals surface area contributed by atoms with E-state index in [-0.39, 0.29) is 0 Å². The number of alkyl halides is 1. The molecule has 0 bridgehead atoms. The summed E-state index contributed by atoms with van der Waals surface area (Å²) in [5.74, 6) is 0.339. The second-order valence-corrected chi connectivity index (χ2v) is 3.62. The lowest BCUT2D eigenvalue weighted by Gasteiger charge is -1.96. The SMILES string of the molecule is Oc1cccc(CC=CCCBr)c1. The standard InChI is InChI=1S/C11H13BrO/c12-8-3-1-2-5-10-6-4-7-11(13)9-10/h1-2,4,6-7,9,13H,3,5,8H2. The molecule has 0 saturated heterocycles. The van der Waals surface area contributed by atoms with E-state index in [0.29, 0.717) is 5.75 Å². The maximum Gasteiger partial charge on any atom is 0.115 e. The van der Waals surface area contributed by atoms with Gasteiger partial charge in [0.1, 0.15) is 5.75 Å². The van der Waals surface area contributed by atoms with Gasteiger partial charge >= 0.3 is 0 Å². The molecular weight excluding hydrogens is 228 g/mol. The van der Waals surface area contributed by atoms with E-state index in [1.165, 1.54) is 0 Å². The van der Waals surface area contributed by atoms with Crippen LogP contribution >= 0.6 is 15.9 Å². The van der Waals surface area contributed by atoms with E-state index < -0.39 is 0 Å². The van der Waals surface area contributed by atoms with Crippen molar-refractivity contribution in [2.24, 2.45) is 0 Å². The first-order chi connectivity index (χ1) is 6.33. The Hall–Kier alpha value is -0.760. The topological polar surface area (TPSA) is 20.2 Å². The molecule has 0 unspecified atom stereocenters. The lowest BCUT2D eigenvalue weighted by Crippen LogP contribution is -1.79. The number of hydrogen-bond acceptors (Lipinski definition) is 1. The molecule has 1 rings (SSSR count). The van der Waals surface area contributed by atoms with Gasteiger partial charge in [-0.15, -0.1) is 0 Å². The number of phenolic OH excluding ortho intramolecular Hbond substituents is 1. The molecule has 0 atom stereocenters. The maximum absolute atomic E-state index is 9.18. The van der Waals surface area contributed by atoms with Crippen molar-refractivity contribution in [3.8, 4) is 5.75 Å². The first kappa shape index (κ1) is 10.3. The average Bonchev–Trinajstić information content (AvgIpc) is 2.13. The highest BCUT2D eigenvalue weighted by Crippen LogP contribution is 2.11. The van der Waals surface area contributed by atoms with Crippen LogP contribution in [0.1, 0.15) is 12.0 Å². The number of aromatic hydroxyl groups is 1. The summed E-state index contributed by atoms with van der Waals surface area (Å²) in [6, 6.07) is 7.35. The molecule has 1 aromatic carbocycles. The summed E-state index contributed by atoms with van der Waals surface area (Å²) in [4.78, 5) is 0. The van der Waals surface area contributed by atoms with Gasteiger partial charge in [-0.25, -0.2) is 0 Å². The molecule has 0 saturated carbocycles. The van der Waals surface area contributed by atoms with Crippen LogP contribution in [-0.4, -0.2) is 10.4 Å². The molecule has 2 heteroatoms. The van der Waals surface area contributed by atoms with Crippen LogP contribution in [0.5, 0.6) is 5.75 Å². The highest BCUT2D eigenvalue weighted by atomic mass is 79.9. The molecule has 1 aromatic rings. The first-order valence-corrected chi connectivity index (χ1v) is 5.44. The molecule has 1 N–H and O–H groups in total. The molecule has 0 amide bonds. The molecule has 0 fully saturated rings. The Bertz CT molecular complexity index is 281. The fraction of sp³-hybridized carbons (Fsp3) is 0.273. The summed E-state index contributed by atoms with van der Waals surface area (Å²) in [5, 5.41) is 10.2. The second-order valence-electron chi connectivity index (χ2n) is 2.82. The van der Waals surface area contributed by atoms with Crippen LogP contribution in [0, 0.1) is 0 Å². The third-order valence-electron chi connectivity index (χ3n) is 1.71. The summed E-state index contributed by atoms with van der Waals surface area (Å²) in [7, 11) is 0. The van der Waals surface area contributed by atoms with Crippen molar-refractivity contribution in [1.29, 1.82) is 0 Å². The maximum atomic E-state index is 9.18. The van der Waals surface area contributed by atoms with Gasteiger partial charge < -0.3 is 5.11 Å². The molecule has 0 aromatic heterocycles. The van der Waals surface area contributed by atoms with E-state index in [2.05, 4.69) is 28.1 Å². The number of hydrogen-bond donors (Lipinski definition) is 1. The summed E-state index contributed by atoms with van der Waals surface area (Å²) >= 11 is 3.36. The van der Waals surface area contributed by atoms with Crippen LogP contribution in [0.4, 0.5) is 0 Å². The number of halogens is 1. The zero-order valence-corrected chi connectivity index (χ0v) is 9.00. The molecule has 1 nitrogen and oxygen atoms in total. The molecule has 0 aliphatic rings. The second kappa shape index (κ2) is 5.81. The summed E-state index contributed by atoms with van der Waals surface area (Å²) in [6.45, 7) is 0. The van der Waals surface area contributed by atoms with Crippen LogP contribution in [-0.2, 0) is 6.42 Å². The van der Waals surface area contributed by atoms with E-state index >= 15 is 0 Å². The van der Waals surface area contributed by atoms with Crippen LogP contribution in [0.2, 0.25) is 0 Å². The highest BCUT2D eigenvalue weighted by molar-refractivity contribution is 9.09. The van der Waals surface area contributed by atoms with Gasteiger partial charge in [0.2, 0.25) is 0 Å². The van der Waals surface area contributed by atoms with E-state index in [9.17, 15) is 5.11 Å². The quantitative estimate of drug-likeness (QED) is 0.633. The van der Waals surface area contributed by atoms with E-state index in [1.807, 2.05) is 12.1 Å². The fourth-order valence-electron chi connectivity index (χ4n) is 1.08. The molecular formula is C11H13BrO. The lowest BCUT2D eigenvalue weighted by atomic mass is 10.1. The number of benzene rings is 1. The van der Waals surface area contributed by atoms with Gasteiger partial charge in [0.15, 0.2) is 0 Å². The largest absolute Gasteiger partial charge is 0.508 e. The Balaban J connectivity index is 2.45. The minimum atomic E-state index is 0.339. The molecule has 13 heavy (non-hydrogen) atoms. The van der Waals surface area contributed by atoms with Gasteiger partial charge in [0.25, 0.3) is 0 Å². The summed E-state index contributed by atoms with van der Waals surface area (Å²) in [5.41, 5.74) is 1.14. The van der Waals surface area contributed by atoms with E-state index in [0.717, 1.165) is 23.7 Å². The monoisotopic (exact) mass is 240 g/mol. The van der Waals surface area contributed by atoms with Crippen molar-refractivity contribution >= 4 is 15.9 Å². The Kier molecular flexibility index (Phi) is 4.61. The molecule has 0 aliphatic heterocycles. The Labute approximate surface area is 87.2 Å². The van der Waals surface area contributed by atoms with E-state index in [1.54, 1.807) is 12.1 Å². The van der Waals surface area contributed by atoms with Crippen molar-refractivity contribution in [2.75, 3.05) is 5.33 Å². The summed E-state index contributed by atoms with van der Waals surface area (Å²) < 4.78 is 0. The van der Waals surface area contributed by atoms with Crippen molar-refractivity contribution in [1.82, 2.24) is 0 Å². The number of rotatable bonds is 4. The third kappa shape index (κ3) is 4.13. The Morgan fingerprint density at radius 3 is 2.85 bits per heavy atom. The average molecular weight is 241 g/mol. The lowest BCUT2D eigenvalue weighted by molar-refractivity contribution is 0.474. The minimum Gasteiger partial charge on any atom is -0.508 e. The molecule has 0 radical (unpaired) electrons. The van der Waals surface area contributed by atoms with Crippen LogP contribution in [0.25, 0.3) is 0 Å². The summed E-state index contributed by atoms with van der Waals surface area (Å²) in [6.07, 6.45) is 6.20. The predicted octanol–water partition coefficient (Wildman–Crippen LogP) is 3.28.